The normalized spacial score (nSPS) is 19.4. The second kappa shape index (κ2) is 52.2. The molecule has 8 rings (SSSR count). The Bertz CT molecular complexity index is 3610. The first kappa shape index (κ1) is 89.1. The fourth-order valence-electron chi connectivity index (χ4n) is 11.3. The van der Waals surface area contributed by atoms with Crippen molar-refractivity contribution in [2.75, 3.05) is 105 Å². The summed E-state index contributed by atoms with van der Waals surface area (Å²) in [6.07, 6.45) is -8.43. The molecule has 110 heavy (non-hydrogen) atoms. The Balaban J connectivity index is 0.0000168. The van der Waals surface area contributed by atoms with Crippen molar-refractivity contribution in [3.05, 3.63) is 215 Å². The molecule has 598 valence electrons. The van der Waals surface area contributed by atoms with Gasteiger partial charge in [0, 0.05) is 13.0 Å². The van der Waals surface area contributed by atoms with E-state index >= 15 is 0 Å². The number of rotatable bonds is 51. The Morgan fingerprint density at radius 1 is 0.309 bits per heavy atom. The van der Waals surface area contributed by atoms with Crippen molar-refractivity contribution >= 4 is 60.2 Å². The van der Waals surface area contributed by atoms with E-state index in [0.29, 0.717) is 46.2 Å². The van der Waals surface area contributed by atoms with Crippen molar-refractivity contribution in [2.45, 2.75) is 139 Å². The van der Waals surface area contributed by atoms with Crippen LogP contribution in [0.1, 0.15) is 140 Å². The minimum absolute atomic E-state index is 0. The molecule has 26 nitrogen and oxygen atoms in total. The molecule has 0 amide bonds. The quantitative estimate of drug-likeness (QED) is 0.00651. The van der Waals surface area contributed by atoms with Gasteiger partial charge < -0.3 is 93.2 Å². The molecule has 2 heterocycles. The SMILES string of the molecule is CC(=O)CCC(=O)O[C@@H]1[C@H](OC(=O)c2ccccc2)[C@@H](OC(=O)c2ccccc2)[C@H](OO[C@H]2[C@H](OC(=O)c3ccccc3)[C@@H](OC(=O)c3ccccc3)[C@H](OCCOCCOCCOCCOCCOCCOCCCCCCCCCCC[S-])O[C@@H]2COC(=O)c2ccccc2)O[C@@H]1COC(=O)c1ccccc1.[Au+]. The number of Topliss-reactive ketones (excluding diaryl/α,β-unsaturated/α-hetero) is 1. The van der Waals surface area contributed by atoms with E-state index in [2.05, 4.69) is 0 Å². The molecule has 28 heteroatoms. The van der Waals surface area contributed by atoms with E-state index in [1.165, 1.54) is 125 Å². The zero-order valence-electron chi connectivity index (χ0n) is 61.5. The summed E-state index contributed by atoms with van der Waals surface area (Å²) in [4.78, 5) is 125. The molecule has 2 fully saturated rings. The first-order chi connectivity index (χ1) is 53.4. The van der Waals surface area contributed by atoms with Gasteiger partial charge in [0.15, 0.2) is 42.9 Å². The van der Waals surface area contributed by atoms with Crippen molar-refractivity contribution in [3.8, 4) is 0 Å². The van der Waals surface area contributed by atoms with Crippen LogP contribution in [0.3, 0.4) is 0 Å². The third-order valence-corrected chi connectivity index (χ3v) is 17.3. The van der Waals surface area contributed by atoms with Crippen LogP contribution in [0.2, 0.25) is 0 Å². The zero-order chi connectivity index (χ0) is 76.9. The molecule has 0 N–H and O–H groups in total. The van der Waals surface area contributed by atoms with Crippen LogP contribution in [0, 0.1) is 0 Å². The average molecular weight is 1730 g/mol. The van der Waals surface area contributed by atoms with E-state index in [1.807, 2.05) is 0 Å². The third-order valence-electron chi connectivity index (χ3n) is 17.0. The van der Waals surface area contributed by atoms with Gasteiger partial charge in [-0.05, 0) is 86.1 Å². The van der Waals surface area contributed by atoms with Crippen molar-refractivity contribution in [2.24, 2.45) is 0 Å². The number of hydrogen-bond donors (Lipinski definition) is 0. The Labute approximate surface area is 662 Å². The van der Waals surface area contributed by atoms with Gasteiger partial charge >= 0.3 is 64.2 Å². The summed E-state index contributed by atoms with van der Waals surface area (Å²) in [6, 6.07) is 46.4. The van der Waals surface area contributed by atoms with Crippen LogP contribution in [0.5, 0.6) is 0 Å². The number of esters is 7. The molecule has 0 radical (unpaired) electrons. The molecule has 2 saturated heterocycles. The molecule has 2 aliphatic heterocycles. The first-order valence-electron chi connectivity index (χ1n) is 36.8. The van der Waals surface area contributed by atoms with Crippen LogP contribution >= 0.6 is 0 Å². The molecule has 0 aliphatic carbocycles. The fraction of sp³-hybridized carbons (Fsp3) is 0.463. The molecular weight excluding hydrogens is 1630 g/mol. The van der Waals surface area contributed by atoms with E-state index in [-0.39, 0.29) is 101 Å². The van der Waals surface area contributed by atoms with E-state index in [0.717, 1.165) is 25.2 Å². The Hall–Kier alpha value is -8.07. The smallest absolute Gasteiger partial charge is 0.793 e. The van der Waals surface area contributed by atoms with Gasteiger partial charge in [-0.3, -0.25) is 4.79 Å². The fourth-order valence-corrected chi connectivity index (χ4v) is 11.5. The van der Waals surface area contributed by atoms with Crippen LogP contribution < -0.4 is 0 Å². The van der Waals surface area contributed by atoms with Crippen molar-refractivity contribution in [3.63, 3.8) is 0 Å². The summed E-state index contributed by atoms with van der Waals surface area (Å²) in [7, 11) is 0. The number of carbonyl (C=O) groups excluding carboxylic acids is 8. The number of hydrogen-bond acceptors (Lipinski definition) is 27. The Kier molecular flexibility index (Phi) is 42.3. The van der Waals surface area contributed by atoms with Gasteiger partial charge in [-0.15, -0.1) is 0 Å². The summed E-state index contributed by atoms with van der Waals surface area (Å²) in [6.45, 7) is 3.57. The van der Waals surface area contributed by atoms with Gasteiger partial charge in [-0.1, -0.05) is 161 Å². The standard InChI is InChI=1S/C82H98O26S.Au/c1-59(83)41-42-68(84)102-69-66(57-98-75(85)60-29-15-9-16-30-60)101-82(74(106-80(90)65-39-25-14-26-40-65)71(69)103-77(87)62-33-19-11-20-34-62)108-107-70-67(58-99-76(86)61-31-17-10-18-32-61)100-81(73(105-79(89)64-37-23-13-24-38-64)72(70)104-78(88)63-35-21-12-22-36-63)97-55-54-96-53-52-95-51-50-94-49-48-93-47-46-92-45-44-91-43-27-7-5-3-2-4-6-8-28-56-109;/h9-26,29-40,66-67,69-74,81-82,109H,2-8,27-28,41-58H2,1H3;/q;+1/p-1/t66-,67-,69+,70-,71+,72+,73-,74-,81-,82+;/m1./s1. The van der Waals surface area contributed by atoms with E-state index < -0.39 is 123 Å². The average Bonchev–Trinajstić information content (AvgIpc) is 0.775. The van der Waals surface area contributed by atoms with Gasteiger partial charge in [0.25, 0.3) is 0 Å². The molecule has 0 aromatic heterocycles. The van der Waals surface area contributed by atoms with Crippen molar-refractivity contribution in [1.29, 1.82) is 0 Å². The van der Waals surface area contributed by atoms with Crippen LogP contribution in [0.15, 0.2) is 182 Å². The number of carbonyl (C=O) groups is 8. The third kappa shape index (κ3) is 32.0. The summed E-state index contributed by atoms with van der Waals surface area (Å²) < 4.78 is 96.6. The van der Waals surface area contributed by atoms with Crippen LogP contribution in [0.25, 0.3) is 0 Å². The Morgan fingerprint density at radius 3 is 0.982 bits per heavy atom. The second-order valence-electron chi connectivity index (χ2n) is 25.2. The number of ketones is 1. The molecule has 10 atom stereocenters. The minimum Gasteiger partial charge on any atom is -0.793 e. The Morgan fingerprint density at radius 2 is 0.609 bits per heavy atom. The number of unbranched alkanes of at least 4 members (excludes halogenated alkanes) is 8. The van der Waals surface area contributed by atoms with Crippen LogP contribution in [-0.2, 0) is 130 Å². The monoisotopic (exact) mass is 1730 g/mol. The summed E-state index contributed by atoms with van der Waals surface area (Å²) in [5, 5.41) is 0. The summed E-state index contributed by atoms with van der Waals surface area (Å²) >= 11 is 5.01. The van der Waals surface area contributed by atoms with Crippen molar-refractivity contribution < 1.29 is 146 Å². The topological polar surface area (TPSA) is 303 Å². The van der Waals surface area contributed by atoms with Gasteiger partial charge in [-0.25, -0.2) is 33.7 Å². The maximum atomic E-state index is 14.7. The van der Waals surface area contributed by atoms with E-state index in [9.17, 15) is 38.4 Å². The zero-order valence-corrected chi connectivity index (χ0v) is 64.5. The van der Waals surface area contributed by atoms with Crippen molar-refractivity contribution in [1.82, 2.24) is 0 Å². The number of benzene rings is 6. The van der Waals surface area contributed by atoms with Gasteiger partial charge in [0.05, 0.1) is 119 Å². The molecular formula is C82H97AuO26S. The molecule has 0 saturated carbocycles. The molecule has 6 aromatic rings. The molecule has 0 bridgehead atoms. The largest absolute Gasteiger partial charge is 1.00 e. The van der Waals surface area contributed by atoms with E-state index in [1.54, 1.807) is 109 Å². The predicted octanol–water partition coefficient (Wildman–Crippen LogP) is 10.8. The second-order valence-corrected chi connectivity index (χ2v) is 25.6. The van der Waals surface area contributed by atoms with Gasteiger partial charge in [-0.2, -0.15) is 10.6 Å². The molecule has 0 spiro atoms. The van der Waals surface area contributed by atoms with Crippen LogP contribution in [-0.4, -0.2) is 214 Å². The minimum atomic E-state index is -2.16. The number of ether oxygens (including phenoxy) is 16. The van der Waals surface area contributed by atoms with Gasteiger partial charge in [0.2, 0.25) is 6.29 Å². The first-order valence-corrected chi connectivity index (χ1v) is 37.4. The maximum absolute atomic E-state index is 14.7. The van der Waals surface area contributed by atoms with Gasteiger partial charge in [0.1, 0.15) is 31.2 Å². The molecule has 6 aromatic carbocycles. The van der Waals surface area contributed by atoms with Crippen LogP contribution in [0.4, 0.5) is 0 Å². The molecule has 0 unspecified atom stereocenters. The van der Waals surface area contributed by atoms with E-state index in [4.69, 9.17) is 98.2 Å². The summed E-state index contributed by atoms with van der Waals surface area (Å²) in [5.74, 6) is -6.30. The predicted molar refractivity (Wildman–Crippen MR) is 394 cm³/mol. The molecule has 2 aliphatic rings. The maximum Gasteiger partial charge on any atom is 1.00 e. The summed E-state index contributed by atoms with van der Waals surface area (Å²) in [5.41, 5.74) is 0.207.